The van der Waals surface area contributed by atoms with E-state index >= 15 is 0 Å². The number of halogens is 1. The Hall–Kier alpha value is -1.42. The molecular weight excluding hydrogens is 279 g/mol. The van der Waals surface area contributed by atoms with Gasteiger partial charge in [0.05, 0.1) is 5.41 Å². The lowest BCUT2D eigenvalue weighted by molar-refractivity contribution is -0.139. The third-order valence-electron chi connectivity index (χ3n) is 4.99. The smallest absolute Gasteiger partial charge is 0.232 e. The fourth-order valence-corrected chi connectivity index (χ4v) is 3.09. The predicted octanol–water partition coefficient (Wildman–Crippen LogP) is 3.08. The van der Waals surface area contributed by atoms with Crippen LogP contribution in [0.4, 0.5) is 4.39 Å². The summed E-state index contributed by atoms with van der Waals surface area (Å²) < 4.78 is 13.5. The van der Waals surface area contributed by atoms with Crippen molar-refractivity contribution >= 4 is 5.91 Å². The number of rotatable bonds is 6. The number of nitrogens with two attached hydrogens (primary N) is 1. The van der Waals surface area contributed by atoms with Crippen molar-refractivity contribution < 1.29 is 9.18 Å². The number of carbonyl (C=O) groups is 1. The normalized spacial score (nSPS) is 17.9. The molecule has 22 heavy (non-hydrogen) atoms. The lowest BCUT2D eigenvalue weighted by Crippen LogP contribution is -2.50. The summed E-state index contributed by atoms with van der Waals surface area (Å²) in [5.74, 6) is 0.228. The summed E-state index contributed by atoms with van der Waals surface area (Å²) in [7, 11) is 1.83. The van der Waals surface area contributed by atoms with Crippen molar-refractivity contribution in [1.29, 1.82) is 0 Å². The average molecular weight is 306 g/mol. The summed E-state index contributed by atoms with van der Waals surface area (Å²) >= 11 is 0. The Morgan fingerprint density at radius 3 is 2.59 bits per heavy atom. The highest BCUT2D eigenvalue weighted by Gasteiger charge is 2.47. The van der Waals surface area contributed by atoms with E-state index in [4.69, 9.17) is 5.73 Å². The summed E-state index contributed by atoms with van der Waals surface area (Å²) in [6.07, 6.45) is 3.41. The second kappa shape index (κ2) is 6.78. The zero-order valence-electron chi connectivity index (χ0n) is 13.8. The Morgan fingerprint density at radius 1 is 1.41 bits per heavy atom. The lowest BCUT2D eigenvalue weighted by Gasteiger charge is -2.43. The predicted molar refractivity (Wildman–Crippen MR) is 87.0 cm³/mol. The number of hydrogen-bond donors (Lipinski definition) is 1. The molecule has 1 aromatic carbocycles. The lowest BCUT2D eigenvalue weighted by atomic mass is 9.63. The minimum atomic E-state index is -0.529. The van der Waals surface area contributed by atoms with Gasteiger partial charge in [0.1, 0.15) is 5.82 Å². The van der Waals surface area contributed by atoms with E-state index < -0.39 is 5.41 Å². The van der Waals surface area contributed by atoms with Crippen molar-refractivity contribution in [2.75, 3.05) is 13.6 Å². The molecule has 0 saturated heterocycles. The minimum Gasteiger partial charge on any atom is -0.345 e. The molecular formula is C18H27FN2O. The number of nitrogens with zero attached hydrogens (tertiary/aromatic N) is 1. The third kappa shape index (κ3) is 3.32. The molecule has 1 atom stereocenters. The Labute approximate surface area is 132 Å². The second-order valence-electron chi connectivity index (χ2n) is 6.87. The SMILES string of the molecule is CC(C)C(N)CCN(C)C(=O)C1(c2cccc(F)c2)CCC1. The molecule has 1 aliphatic rings. The Balaban J connectivity index is 2.08. The number of hydrogen-bond acceptors (Lipinski definition) is 2. The van der Waals surface area contributed by atoms with Gasteiger partial charge < -0.3 is 10.6 Å². The third-order valence-corrected chi connectivity index (χ3v) is 4.99. The first-order valence-electron chi connectivity index (χ1n) is 8.14. The Bertz CT molecular complexity index is 526. The van der Waals surface area contributed by atoms with Crippen LogP contribution >= 0.6 is 0 Å². The maximum atomic E-state index is 13.5. The molecule has 0 aliphatic heterocycles. The number of amides is 1. The molecule has 1 saturated carbocycles. The summed E-state index contributed by atoms with van der Waals surface area (Å²) in [5.41, 5.74) is 6.34. The highest BCUT2D eigenvalue weighted by atomic mass is 19.1. The molecule has 3 nitrogen and oxygen atoms in total. The molecule has 2 N–H and O–H groups in total. The van der Waals surface area contributed by atoms with E-state index in [2.05, 4.69) is 13.8 Å². The van der Waals surface area contributed by atoms with E-state index in [-0.39, 0.29) is 17.8 Å². The van der Waals surface area contributed by atoms with Gasteiger partial charge in [-0.2, -0.15) is 0 Å². The summed E-state index contributed by atoms with van der Waals surface area (Å²) in [5, 5.41) is 0. The van der Waals surface area contributed by atoms with Crippen LogP contribution in [0, 0.1) is 11.7 Å². The molecule has 122 valence electrons. The van der Waals surface area contributed by atoms with Crippen molar-refractivity contribution in [1.82, 2.24) is 4.90 Å². The van der Waals surface area contributed by atoms with Crippen LogP contribution in [0.25, 0.3) is 0 Å². The van der Waals surface area contributed by atoms with Crippen molar-refractivity contribution in [3.63, 3.8) is 0 Å². The molecule has 0 spiro atoms. The van der Waals surface area contributed by atoms with Crippen molar-refractivity contribution in [2.45, 2.75) is 51.0 Å². The standard InChI is InChI=1S/C18H27FN2O/c1-13(2)16(20)8-11-21(3)17(22)18(9-5-10-18)14-6-4-7-15(19)12-14/h4,6-7,12-13,16H,5,8-11,20H2,1-3H3. The largest absolute Gasteiger partial charge is 0.345 e. The number of carbonyl (C=O) groups excluding carboxylic acids is 1. The zero-order valence-corrected chi connectivity index (χ0v) is 13.8. The van der Waals surface area contributed by atoms with Crippen molar-refractivity contribution in [3.05, 3.63) is 35.6 Å². The van der Waals surface area contributed by atoms with Crippen LogP contribution in [0.1, 0.15) is 45.1 Å². The van der Waals surface area contributed by atoms with Gasteiger partial charge in [-0.3, -0.25) is 4.79 Å². The fourth-order valence-electron chi connectivity index (χ4n) is 3.09. The van der Waals surface area contributed by atoms with Crippen LogP contribution in [0.5, 0.6) is 0 Å². The number of likely N-dealkylation sites (N-methyl/N-ethyl adjacent to an activating group) is 1. The molecule has 1 unspecified atom stereocenters. The van der Waals surface area contributed by atoms with E-state index in [0.29, 0.717) is 12.5 Å². The Morgan fingerprint density at radius 2 is 2.09 bits per heavy atom. The quantitative estimate of drug-likeness (QED) is 0.878. The van der Waals surface area contributed by atoms with Gasteiger partial charge in [0, 0.05) is 19.6 Å². The van der Waals surface area contributed by atoms with Crippen LogP contribution in [0.3, 0.4) is 0 Å². The van der Waals surface area contributed by atoms with Crippen LogP contribution in [-0.2, 0) is 10.2 Å². The minimum absolute atomic E-state index is 0.0975. The van der Waals surface area contributed by atoms with Crippen molar-refractivity contribution in [2.24, 2.45) is 11.7 Å². The van der Waals surface area contributed by atoms with E-state index in [1.54, 1.807) is 11.0 Å². The second-order valence-corrected chi connectivity index (χ2v) is 6.87. The van der Waals surface area contributed by atoms with Gasteiger partial charge in [0.2, 0.25) is 5.91 Å². The van der Waals surface area contributed by atoms with E-state index in [9.17, 15) is 9.18 Å². The van der Waals surface area contributed by atoms with Crippen LogP contribution in [0.15, 0.2) is 24.3 Å². The first kappa shape index (κ1) is 16.9. The first-order valence-corrected chi connectivity index (χ1v) is 8.14. The van der Waals surface area contributed by atoms with Gasteiger partial charge in [0.15, 0.2) is 0 Å². The van der Waals surface area contributed by atoms with Crippen LogP contribution in [0.2, 0.25) is 0 Å². The van der Waals surface area contributed by atoms with E-state index in [1.807, 2.05) is 13.1 Å². The molecule has 4 heteroatoms. The maximum absolute atomic E-state index is 13.5. The fraction of sp³-hybridized carbons (Fsp3) is 0.611. The topological polar surface area (TPSA) is 46.3 Å². The highest BCUT2D eigenvalue weighted by Crippen LogP contribution is 2.45. The molecule has 1 aromatic rings. The van der Waals surface area contributed by atoms with Crippen LogP contribution in [-0.4, -0.2) is 30.4 Å². The molecule has 1 aliphatic carbocycles. The highest BCUT2D eigenvalue weighted by molar-refractivity contribution is 5.89. The van der Waals surface area contributed by atoms with Gasteiger partial charge in [0.25, 0.3) is 0 Å². The van der Waals surface area contributed by atoms with E-state index in [0.717, 1.165) is 31.2 Å². The molecule has 1 amide bonds. The zero-order chi connectivity index (χ0) is 16.3. The first-order chi connectivity index (χ1) is 10.4. The Kier molecular flexibility index (Phi) is 5.22. The van der Waals surface area contributed by atoms with Gasteiger partial charge in [-0.15, -0.1) is 0 Å². The molecule has 0 aromatic heterocycles. The van der Waals surface area contributed by atoms with Gasteiger partial charge in [-0.1, -0.05) is 32.4 Å². The van der Waals surface area contributed by atoms with Gasteiger partial charge in [-0.05, 0) is 42.9 Å². The molecule has 0 bridgehead atoms. The van der Waals surface area contributed by atoms with Gasteiger partial charge in [-0.25, -0.2) is 4.39 Å². The molecule has 1 fully saturated rings. The van der Waals surface area contributed by atoms with Gasteiger partial charge >= 0.3 is 0 Å². The number of benzene rings is 1. The average Bonchev–Trinajstić information content (AvgIpc) is 2.43. The summed E-state index contributed by atoms with van der Waals surface area (Å²) in [4.78, 5) is 14.7. The van der Waals surface area contributed by atoms with Crippen molar-refractivity contribution in [3.8, 4) is 0 Å². The van der Waals surface area contributed by atoms with Crippen LogP contribution < -0.4 is 5.73 Å². The maximum Gasteiger partial charge on any atom is 0.232 e. The summed E-state index contributed by atoms with van der Waals surface area (Å²) in [6, 6.07) is 6.58. The van der Waals surface area contributed by atoms with E-state index in [1.165, 1.54) is 12.1 Å². The monoisotopic (exact) mass is 306 g/mol. The molecule has 0 radical (unpaired) electrons. The summed E-state index contributed by atoms with van der Waals surface area (Å²) in [6.45, 7) is 4.83. The molecule has 2 rings (SSSR count). The molecule has 0 heterocycles.